The molecule has 0 aliphatic carbocycles. The van der Waals surface area contributed by atoms with Crippen molar-refractivity contribution < 1.29 is 37.8 Å². The second-order valence-electron chi connectivity index (χ2n) is 7.50. The minimum Gasteiger partial charge on any atom is -0.478 e. The Morgan fingerprint density at radius 1 is 0.971 bits per heavy atom. The predicted molar refractivity (Wildman–Crippen MR) is 116 cm³/mol. The number of carbonyl (C=O) groups excluding carboxylic acids is 1. The molecule has 1 amide bonds. The first-order valence-electron chi connectivity index (χ1n) is 10.2. The number of H-pyrrole nitrogens is 1. The van der Waals surface area contributed by atoms with Crippen molar-refractivity contribution in [2.24, 2.45) is 0 Å². The normalized spacial score (nSPS) is 14.3. The minimum atomic E-state index is -5.08. The summed E-state index contributed by atoms with van der Waals surface area (Å²) in [6.45, 7) is 1.62. The molecule has 2 heterocycles. The summed E-state index contributed by atoms with van der Waals surface area (Å²) in [6.07, 6.45) is -3.42. The maximum atomic E-state index is 12.4. The number of benzene rings is 2. The molecule has 3 aromatic rings. The van der Waals surface area contributed by atoms with Crippen molar-refractivity contribution in [3.8, 4) is 0 Å². The molecule has 0 spiro atoms. The van der Waals surface area contributed by atoms with Crippen LogP contribution < -0.4 is 10.2 Å². The van der Waals surface area contributed by atoms with Crippen molar-refractivity contribution in [1.82, 2.24) is 15.3 Å². The number of hydrogen-bond donors (Lipinski definition) is 4. The van der Waals surface area contributed by atoms with E-state index < -0.39 is 18.1 Å². The lowest BCUT2D eigenvalue weighted by Crippen LogP contribution is -2.45. The average molecular weight is 478 g/mol. The lowest BCUT2D eigenvalue weighted by Gasteiger charge is -2.32. The van der Waals surface area contributed by atoms with E-state index in [-0.39, 0.29) is 17.5 Å². The van der Waals surface area contributed by atoms with Crippen LogP contribution in [0, 0.1) is 0 Å². The van der Waals surface area contributed by atoms with Gasteiger partial charge in [0, 0.05) is 24.7 Å². The standard InChI is InChI=1S/C20H20N4O3.C2HF3O2/c25-18(13-5-7-14(8-6-13)19(26)27)21-15-9-11-24(12-10-15)20-22-16-3-1-2-4-17(16)23-20;3-2(4,5)1(6)7/h1-8,15H,9-12H2,(H,21,25)(H,22,23)(H,26,27);(H,6,7). The Hall–Kier alpha value is -4.09. The number of aromatic amines is 1. The molecule has 2 aromatic carbocycles. The number of carboxylic acids is 2. The molecule has 9 nitrogen and oxygen atoms in total. The fraction of sp³-hybridized carbons (Fsp3) is 0.273. The third-order valence-electron chi connectivity index (χ3n) is 5.14. The van der Waals surface area contributed by atoms with Crippen LogP contribution in [0.1, 0.15) is 33.6 Å². The van der Waals surface area contributed by atoms with Crippen LogP contribution >= 0.6 is 0 Å². The number of rotatable bonds is 4. The van der Waals surface area contributed by atoms with E-state index >= 15 is 0 Å². The average Bonchev–Trinajstić information content (AvgIpc) is 3.24. The number of alkyl halides is 3. The van der Waals surface area contributed by atoms with Crippen molar-refractivity contribution in [2.45, 2.75) is 25.1 Å². The zero-order valence-electron chi connectivity index (χ0n) is 17.7. The largest absolute Gasteiger partial charge is 0.490 e. The number of para-hydroxylation sites is 2. The predicted octanol–water partition coefficient (Wildman–Crippen LogP) is 3.29. The number of aromatic nitrogens is 2. The van der Waals surface area contributed by atoms with Crippen molar-refractivity contribution in [2.75, 3.05) is 18.0 Å². The number of carboxylic acid groups (broad SMARTS) is 2. The number of fused-ring (bicyclic) bond motifs is 1. The van der Waals surface area contributed by atoms with Crippen LogP contribution in [0.4, 0.5) is 19.1 Å². The number of halogens is 3. The number of anilines is 1. The van der Waals surface area contributed by atoms with Crippen LogP contribution in [-0.4, -0.2) is 63.3 Å². The Bertz CT molecular complexity index is 1140. The van der Waals surface area contributed by atoms with Gasteiger partial charge in [0.2, 0.25) is 5.95 Å². The molecule has 1 fully saturated rings. The van der Waals surface area contributed by atoms with Gasteiger partial charge in [-0.2, -0.15) is 13.2 Å². The molecule has 0 atom stereocenters. The summed E-state index contributed by atoms with van der Waals surface area (Å²) in [6, 6.07) is 14.0. The molecular weight excluding hydrogens is 457 g/mol. The third-order valence-corrected chi connectivity index (χ3v) is 5.14. The minimum absolute atomic E-state index is 0.0947. The molecule has 12 heteroatoms. The molecule has 4 N–H and O–H groups in total. The van der Waals surface area contributed by atoms with Gasteiger partial charge in [0.05, 0.1) is 16.6 Å². The van der Waals surface area contributed by atoms with Gasteiger partial charge in [-0.05, 0) is 49.2 Å². The quantitative estimate of drug-likeness (QED) is 0.452. The van der Waals surface area contributed by atoms with Crippen molar-refractivity contribution in [3.63, 3.8) is 0 Å². The highest BCUT2D eigenvalue weighted by Gasteiger charge is 2.38. The molecule has 0 radical (unpaired) electrons. The fourth-order valence-corrected chi connectivity index (χ4v) is 3.36. The molecule has 1 aromatic heterocycles. The number of nitrogens with one attached hydrogen (secondary N) is 2. The summed E-state index contributed by atoms with van der Waals surface area (Å²) in [7, 11) is 0. The highest BCUT2D eigenvalue weighted by molar-refractivity contribution is 5.96. The molecule has 0 unspecified atom stereocenters. The van der Waals surface area contributed by atoms with Gasteiger partial charge < -0.3 is 25.4 Å². The highest BCUT2D eigenvalue weighted by atomic mass is 19.4. The van der Waals surface area contributed by atoms with E-state index in [2.05, 4.69) is 20.2 Å². The first-order valence-corrected chi connectivity index (χ1v) is 10.2. The number of imidazole rings is 1. The molecule has 1 saturated heterocycles. The van der Waals surface area contributed by atoms with Gasteiger partial charge in [0.15, 0.2) is 0 Å². The van der Waals surface area contributed by atoms with E-state index in [1.165, 1.54) is 12.1 Å². The van der Waals surface area contributed by atoms with E-state index in [0.29, 0.717) is 5.56 Å². The van der Waals surface area contributed by atoms with Gasteiger partial charge in [-0.1, -0.05) is 12.1 Å². The summed E-state index contributed by atoms with van der Waals surface area (Å²) in [5, 5.41) is 19.1. The van der Waals surface area contributed by atoms with E-state index in [0.717, 1.165) is 42.9 Å². The Morgan fingerprint density at radius 2 is 1.53 bits per heavy atom. The monoisotopic (exact) mass is 478 g/mol. The van der Waals surface area contributed by atoms with Crippen LogP contribution in [-0.2, 0) is 4.79 Å². The van der Waals surface area contributed by atoms with E-state index in [1.807, 2.05) is 24.3 Å². The lowest BCUT2D eigenvalue weighted by molar-refractivity contribution is -0.192. The molecule has 1 aliphatic rings. The number of piperidine rings is 1. The lowest BCUT2D eigenvalue weighted by atomic mass is 10.0. The van der Waals surface area contributed by atoms with Crippen molar-refractivity contribution in [1.29, 1.82) is 0 Å². The zero-order chi connectivity index (χ0) is 24.9. The van der Waals surface area contributed by atoms with Gasteiger partial charge in [-0.15, -0.1) is 0 Å². The summed E-state index contributed by atoms with van der Waals surface area (Å²) < 4.78 is 31.7. The zero-order valence-corrected chi connectivity index (χ0v) is 17.7. The van der Waals surface area contributed by atoms with Gasteiger partial charge in [-0.3, -0.25) is 4.79 Å². The SMILES string of the molecule is O=C(O)C(F)(F)F.O=C(O)c1ccc(C(=O)NC2CCN(c3nc4ccccc4[nH]3)CC2)cc1. The molecule has 180 valence electrons. The van der Waals surface area contributed by atoms with Crippen LogP contribution in [0.15, 0.2) is 48.5 Å². The van der Waals surface area contributed by atoms with E-state index in [1.54, 1.807) is 12.1 Å². The smallest absolute Gasteiger partial charge is 0.478 e. The fourth-order valence-electron chi connectivity index (χ4n) is 3.36. The molecule has 4 rings (SSSR count). The number of amides is 1. The first-order chi connectivity index (χ1) is 16.0. The Kier molecular flexibility index (Phi) is 7.39. The molecular formula is C22H21F3N4O5. The van der Waals surface area contributed by atoms with E-state index in [9.17, 15) is 22.8 Å². The van der Waals surface area contributed by atoms with Crippen molar-refractivity contribution >= 4 is 34.8 Å². The second kappa shape index (κ2) is 10.2. The van der Waals surface area contributed by atoms with Crippen LogP contribution in [0.25, 0.3) is 11.0 Å². The topological polar surface area (TPSA) is 136 Å². The first kappa shape index (κ1) is 24.6. The Balaban J connectivity index is 0.000000406. The summed E-state index contributed by atoms with van der Waals surface area (Å²) >= 11 is 0. The van der Waals surface area contributed by atoms with Gasteiger partial charge in [0.1, 0.15) is 0 Å². The Morgan fingerprint density at radius 3 is 2.06 bits per heavy atom. The Labute approximate surface area is 191 Å². The maximum absolute atomic E-state index is 12.4. The highest BCUT2D eigenvalue weighted by Crippen LogP contribution is 2.21. The molecule has 0 bridgehead atoms. The van der Waals surface area contributed by atoms with Crippen LogP contribution in [0.5, 0.6) is 0 Å². The third kappa shape index (κ3) is 6.24. The number of aliphatic carboxylic acids is 1. The second-order valence-corrected chi connectivity index (χ2v) is 7.50. The van der Waals surface area contributed by atoms with Gasteiger partial charge in [0.25, 0.3) is 5.91 Å². The van der Waals surface area contributed by atoms with Crippen molar-refractivity contribution in [3.05, 3.63) is 59.7 Å². The summed E-state index contributed by atoms with van der Waals surface area (Å²) in [5.41, 5.74) is 2.62. The molecule has 0 saturated carbocycles. The molecule has 34 heavy (non-hydrogen) atoms. The van der Waals surface area contributed by atoms with E-state index in [4.69, 9.17) is 15.0 Å². The van der Waals surface area contributed by atoms with Gasteiger partial charge >= 0.3 is 18.1 Å². The van der Waals surface area contributed by atoms with Crippen LogP contribution in [0.3, 0.4) is 0 Å². The maximum Gasteiger partial charge on any atom is 0.490 e. The summed E-state index contributed by atoms with van der Waals surface area (Å²) in [5.74, 6) is -3.06. The molecule has 1 aliphatic heterocycles. The number of hydrogen-bond acceptors (Lipinski definition) is 5. The number of aromatic carboxylic acids is 1. The van der Waals surface area contributed by atoms with Crippen LogP contribution in [0.2, 0.25) is 0 Å². The number of carbonyl (C=O) groups is 3. The van der Waals surface area contributed by atoms with Gasteiger partial charge in [-0.25, -0.2) is 14.6 Å². The number of nitrogens with zero attached hydrogens (tertiary/aromatic N) is 2. The summed E-state index contributed by atoms with van der Waals surface area (Å²) in [4.78, 5) is 42.3.